The third kappa shape index (κ3) is 2.70. The molecule has 18 heavy (non-hydrogen) atoms. The number of hydrogen-bond acceptors (Lipinski definition) is 6. The summed E-state index contributed by atoms with van der Waals surface area (Å²) in [7, 11) is 3.89. The van der Waals surface area contributed by atoms with Crippen LogP contribution >= 0.6 is 0 Å². The number of aromatic nitrogens is 2. The van der Waals surface area contributed by atoms with Gasteiger partial charge in [-0.2, -0.15) is 0 Å². The third-order valence-corrected chi connectivity index (χ3v) is 3.36. The fourth-order valence-electron chi connectivity index (χ4n) is 2.23. The molecule has 0 bridgehead atoms. The Morgan fingerprint density at radius 2 is 2.28 bits per heavy atom. The number of rotatable bonds is 3. The minimum Gasteiger partial charge on any atom is -0.387 e. The van der Waals surface area contributed by atoms with E-state index in [1.807, 2.05) is 25.1 Å². The van der Waals surface area contributed by atoms with Crippen LogP contribution in [0.25, 0.3) is 0 Å². The molecule has 1 aliphatic rings. The first-order chi connectivity index (χ1) is 8.54. The van der Waals surface area contributed by atoms with Gasteiger partial charge in [-0.1, -0.05) is 0 Å². The molecule has 0 radical (unpaired) electrons. The molecule has 1 aliphatic heterocycles. The Labute approximate surface area is 107 Å². The molecule has 0 aromatic carbocycles. The van der Waals surface area contributed by atoms with Gasteiger partial charge < -0.3 is 20.6 Å². The molecule has 2 rings (SSSR count). The van der Waals surface area contributed by atoms with Crippen LogP contribution < -0.4 is 15.5 Å². The summed E-state index contributed by atoms with van der Waals surface area (Å²) < 4.78 is 0. The standard InChI is InChI=1S/C12H21N5O/c1-16(2)10-6-11(15-9-14-10)17-5-3-4-12(18,7-13)8-17/h6,9,18H,3-5,7-8,13H2,1-2H3. The quantitative estimate of drug-likeness (QED) is 0.777. The highest BCUT2D eigenvalue weighted by Crippen LogP contribution is 2.25. The van der Waals surface area contributed by atoms with Gasteiger partial charge in [-0.25, -0.2) is 9.97 Å². The Bertz CT molecular complexity index is 411. The highest BCUT2D eigenvalue weighted by Gasteiger charge is 2.32. The van der Waals surface area contributed by atoms with Crippen LogP contribution in [0.2, 0.25) is 0 Å². The molecule has 1 atom stereocenters. The normalized spacial score (nSPS) is 24.1. The molecular weight excluding hydrogens is 230 g/mol. The SMILES string of the molecule is CN(C)c1cc(N2CCCC(O)(CN)C2)ncn1. The Morgan fingerprint density at radius 3 is 2.94 bits per heavy atom. The maximum Gasteiger partial charge on any atom is 0.134 e. The summed E-state index contributed by atoms with van der Waals surface area (Å²) in [6.07, 6.45) is 3.24. The number of piperidine rings is 1. The van der Waals surface area contributed by atoms with E-state index in [9.17, 15) is 5.11 Å². The fourth-order valence-corrected chi connectivity index (χ4v) is 2.23. The zero-order valence-corrected chi connectivity index (χ0v) is 11.0. The molecule has 6 nitrogen and oxygen atoms in total. The minimum absolute atomic E-state index is 0.287. The highest BCUT2D eigenvalue weighted by molar-refractivity contribution is 5.49. The summed E-state index contributed by atoms with van der Waals surface area (Å²) in [6, 6.07) is 1.93. The number of aliphatic hydroxyl groups is 1. The zero-order chi connectivity index (χ0) is 13.2. The summed E-state index contributed by atoms with van der Waals surface area (Å²) in [6.45, 7) is 1.72. The summed E-state index contributed by atoms with van der Waals surface area (Å²) in [5, 5.41) is 10.3. The molecular formula is C12H21N5O. The van der Waals surface area contributed by atoms with Crippen molar-refractivity contribution in [2.45, 2.75) is 18.4 Å². The second kappa shape index (κ2) is 5.07. The van der Waals surface area contributed by atoms with Crippen LogP contribution in [0.3, 0.4) is 0 Å². The summed E-state index contributed by atoms with van der Waals surface area (Å²) in [5.41, 5.74) is 4.85. The molecule has 2 heterocycles. The second-order valence-corrected chi connectivity index (χ2v) is 5.08. The van der Waals surface area contributed by atoms with Crippen LogP contribution in [-0.2, 0) is 0 Å². The van der Waals surface area contributed by atoms with Crippen molar-refractivity contribution in [2.24, 2.45) is 5.73 Å². The average molecular weight is 251 g/mol. The van der Waals surface area contributed by atoms with E-state index < -0.39 is 5.60 Å². The topological polar surface area (TPSA) is 78.5 Å². The van der Waals surface area contributed by atoms with Gasteiger partial charge in [0.25, 0.3) is 0 Å². The van der Waals surface area contributed by atoms with Crippen molar-refractivity contribution in [3.63, 3.8) is 0 Å². The predicted molar refractivity (Wildman–Crippen MR) is 71.8 cm³/mol. The van der Waals surface area contributed by atoms with Gasteiger partial charge in [0.05, 0.1) is 5.60 Å². The molecule has 1 fully saturated rings. The van der Waals surface area contributed by atoms with E-state index in [0.29, 0.717) is 6.54 Å². The first kappa shape index (κ1) is 13.0. The van der Waals surface area contributed by atoms with Crippen molar-refractivity contribution in [3.05, 3.63) is 12.4 Å². The molecule has 1 aromatic rings. The van der Waals surface area contributed by atoms with Gasteiger partial charge in [0, 0.05) is 39.8 Å². The monoisotopic (exact) mass is 251 g/mol. The minimum atomic E-state index is -0.790. The molecule has 100 valence electrons. The smallest absolute Gasteiger partial charge is 0.134 e. The number of anilines is 2. The predicted octanol–water partition coefficient (Wildman–Crippen LogP) is -0.167. The van der Waals surface area contributed by atoms with Gasteiger partial charge in [-0.3, -0.25) is 0 Å². The van der Waals surface area contributed by atoms with Crippen molar-refractivity contribution >= 4 is 11.6 Å². The van der Waals surface area contributed by atoms with Crippen LogP contribution in [0.15, 0.2) is 12.4 Å². The zero-order valence-electron chi connectivity index (χ0n) is 11.0. The van der Waals surface area contributed by atoms with Crippen molar-refractivity contribution in [1.29, 1.82) is 0 Å². The lowest BCUT2D eigenvalue weighted by Crippen LogP contribution is -2.52. The Balaban J connectivity index is 2.18. The van der Waals surface area contributed by atoms with E-state index in [0.717, 1.165) is 31.0 Å². The summed E-state index contributed by atoms with van der Waals surface area (Å²) in [4.78, 5) is 12.5. The molecule has 1 aromatic heterocycles. The number of nitrogens with zero attached hydrogens (tertiary/aromatic N) is 4. The lowest BCUT2D eigenvalue weighted by Gasteiger charge is -2.39. The van der Waals surface area contributed by atoms with E-state index in [1.165, 1.54) is 0 Å². The molecule has 0 aliphatic carbocycles. The van der Waals surface area contributed by atoms with E-state index in [4.69, 9.17) is 5.73 Å². The summed E-state index contributed by atoms with van der Waals surface area (Å²) in [5.74, 6) is 1.71. The third-order valence-electron chi connectivity index (χ3n) is 3.36. The van der Waals surface area contributed by atoms with Crippen molar-refractivity contribution in [1.82, 2.24) is 9.97 Å². The average Bonchev–Trinajstić information content (AvgIpc) is 2.39. The number of β-amino-alcohol motifs (C(OH)–C–C–N with tert-alkyl or cyclic N) is 1. The first-order valence-electron chi connectivity index (χ1n) is 6.21. The number of nitrogens with two attached hydrogens (primary N) is 1. The number of hydrogen-bond donors (Lipinski definition) is 2. The van der Waals surface area contributed by atoms with E-state index in [2.05, 4.69) is 14.9 Å². The van der Waals surface area contributed by atoms with Crippen molar-refractivity contribution in [3.8, 4) is 0 Å². The van der Waals surface area contributed by atoms with Crippen LogP contribution in [0.1, 0.15) is 12.8 Å². The second-order valence-electron chi connectivity index (χ2n) is 5.08. The maximum atomic E-state index is 10.3. The van der Waals surface area contributed by atoms with Gasteiger partial charge in [0.15, 0.2) is 0 Å². The van der Waals surface area contributed by atoms with Gasteiger partial charge in [-0.15, -0.1) is 0 Å². The molecule has 3 N–H and O–H groups in total. The van der Waals surface area contributed by atoms with Gasteiger partial charge in [0.1, 0.15) is 18.0 Å². The molecule has 1 unspecified atom stereocenters. The van der Waals surface area contributed by atoms with Crippen LogP contribution in [0.5, 0.6) is 0 Å². The van der Waals surface area contributed by atoms with E-state index in [-0.39, 0.29) is 6.54 Å². The van der Waals surface area contributed by atoms with Crippen LogP contribution in [-0.4, -0.2) is 54.4 Å². The van der Waals surface area contributed by atoms with E-state index >= 15 is 0 Å². The Hall–Kier alpha value is -1.40. The largest absolute Gasteiger partial charge is 0.387 e. The molecule has 0 spiro atoms. The summed E-state index contributed by atoms with van der Waals surface area (Å²) >= 11 is 0. The van der Waals surface area contributed by atoms with Crippen molar-refractivity contribution in [2.75, 3.05) is 43.5 Å². The maximum absolute atomic E-state index is 10.3. The molecule has 0 saturated carbocycles. The van der Waals surface area contributed by atoms with Gasteiger partial charge >= 0.3 is 0 Å². The lowest BCUT2D eigenvalue weighted by molar-refractivity contribution is 0.0345. The fraction of sp³-hybridized carbons (Fsp3) is 0.667. The molecule has 0 amide bonds. The van der Waals surface area contributed by atoms with Crippen LogP contribution in [0, 0.1) is 0 Å². The molecule has 1 saturated heterocycles. The van der Waals surface area contributed by atoms with Gasteiger partial charge in [0.2, 0.25) is 0 Å². The molecule has 6 heteroatoms. The van der Waals surface area contributed by atoms with Gasteiger partial charge in [-0.05, 0) is 12.8 Å². The van der Waals surface area contributed by atoms with Crippen LogP contribution in [0.4, 0.5) is 11.6 Å². The Morgan fingerprint density at radius 1 is 1.50 bits per heavy atom. The first-order valence-corrected chi connectivity index (χ1v) is 6.21. The van der Waals surface area contributed by atoms with E-state index in [1.54, 1.807) is 6.33 Å². The highest BCUT2D eigenvalue weighted by atomic mass is 16.3. The Kier molecular flexibility index (Phi) is 3.68. The lowest BCUT2D eigenvalue weighted by atomic mass is 9.93. The van der Waals surface area contributed by atoms with Crippen molar-refractivity contribution < 1.29 is 5.11 Å².